The Labute approximate surface area is 519 Å². The van der Waals surface area contributed by atoms with Crippen molar-refractivity contribution in [2.24, 2.45) is 46.4 Å². The van der Waals surface area contributed by atoms with E-state index in [9.17, 15) is 46.8 Å². The minimum Gasteiger partial charge on any atom is -0.369 e. The molecule has 0 aromatic heterocycles. The average Bonchev–Trinajstić information content (AvgIpc) is 1.91. The Bertz CT molecular complexity index is 2730. The molecule has 0 saturated carbocycles. The molecule has 0 saturated heterocycles. The van der Waals surface area contributed by atoms with Crippen LogP contribution >= 0.6 is 11.6 Å². The predicted molar refractivity (Wildman–Crippen MR) is 338 cm³/mol. The van der Waals surface area contributed by atoms with Crippen LogP contribution < -0.4 is 65.9 Å². The first-order valence-electron chi connectivity index (χ1n) is 30.4. The minimum atomic E-state index is -4.38. The summed E-state index contributed by atoms with van der Waals surface area (Å²) in [6.45, 7) is 11.0. The average molecular weight is 1250 g/mol. The second-order valence-electron chi connectivity index (χ2n) is 23.5. The zero-order chi connectivity index (χ0) is 64.6. The minimum absolute atomic E-state index is 0.0428. The Kier molecular flexibility index (Phi) is 33.8. The highest BCUT2D eigenvalue weighted by Crippen LogP contribution is 2.21. The van der Waals surface area contributed by atoms with Crippen molar-refractivity contribution in [3.8, 4) is 0 Å². The Morgan fingerprint density at radius 3 is 1.15 bits per heavy atom. The summed E-state index contributed by atoms with van der Waals surface area (Å²) < 4.78 is 29.0. The van der Waals surface area contributed by atoms with Crippen molar-refractivity contribution in [2.45, 2.75) is 185 Å². The van der Waals surface area contributed by atoms with E-state index in [2.05, 4.69) is 37.2 Å². The van der Waals surface area contributed by atoms with E-state index in [0.29, 0.717) is 45.1 Å². The summed E-state index contributed by atoms with van der Waals surface area (Å²) in [4.78, 5) is 112. The summed E-state index contributed by atoms with van der Waals surface area (Å²) in [7, 11) is -4.38. The van der Waals surface area contributed by atoms with Crippen LogP contribution in [0.15, 0.2) is 89.8 Å². The number of sulfonamides is 1. The molecule has 0 aliphatic carbocycles. The molecule has 87 heavy (non-hydrogen) atoms. The first kappa shape index (κ1) is 74.7. The van der Waals surface area contributed by atoms with Crippen molar-refractivity contribution in [1.29, 1.82) is 0 Å². The largest absolute Gasteiger partial charge is 0.369 e. The molecule has 0 aliphatic heterocycles. The molecule has 3 rings (SSSR count). The van der Waals surface area contributed by atoms with E-state index in [0.717, 1.165) is 15.4 Å². The molecule has 23 nitrogen and oxygen atoms in total. The van der Waals surface area contributed by atoms with Crippen LogP contribution in [-0.4, -0.2) is 141 Å². The monoisotopic (exact) mass is 1250 g/mol. The third-order valence-corrected chi connectivity index (χ3v) is 16.4. The number of hydrogen-bond acceptors (Lipinski definition) is 14. The standard InChI is InChI=1S/C62H98ClN13O10S/c1-40(2)33-52(73-56(78)48(67)37-44-21-11-8-12-22-44)60(82)72-51(25-15-18-32-66)59(81)74-54(35-42(5)6)62(84)75-53(34-41(3)4)61(83)71-50(24-14-17-31-65)58(80)70-49(23-13-16-30-64)57(79)69-46(36-43-19-9-7-10-20-43)38-76(39-55(68)77)87(85,86)47-28-26-45(63)27-29-47/h7-12,19-22,26-29,40-42,46,48-54H,13-18,23-25,30-39,64-67H2,1-6H3,(H2,68,77)(H,69,79)(H,70,80)(H,71,83)(H,72,82)(H,73,78)(H,74,81)(H,75,84)/t46-,48-,49-,50-,51-,52-,53-,54-/m0/s1. The van der Waals surface area contributed by atoms with Gasteiger partial charge in [0.05, 0.1) is 17.5 Å². The lowest BCUT2D eigenvalue weighted by molar-refractivity contribution is -0.136. The van der Waals surface area contributed by atoms with Crippen LogP contribution in [-0.2, 0) is 61.2 Å². The lowest BCUT2D eigenvalue weighted by Gasteiger charge is -2.30. The molecule has 0 aliphatic rings. The third kappa shape index (κ3) is 28.0. The van der Waals surface area contributed by atoms with Crippen LogP contribution in [0.4, 0.5) is 0 Å². The Morgan fingerprint density at radius 2 is 0.793 bits per heavy atom. The van der Waals surface area contributed by atoms with E-state index >= 15 is 0 Å². The summed E-state index contributed by atoms with van der Waals surface area (Å²) in [5, 5.41) is 20.2. The molecule has 0 unspecified atom stereocenters. The summed E-state index contributed by atoms with van der Waals surface area (Å²) in [6.07, 6.45) is 3.86. The van der Waals surface area contributed by atoms with Crippen molar-refractivity contribution >= 4 is 68.9 Å². The van der Waals surface area contributed by atoms with Crippen molar-refractivity contribution in [2.75, 3.05) is 32.7 Å². The molecular formula is C62H98ClN13O10S. The molecular weight excluding hydrogens is 1150 g/mol. The second kappa shape index (κ2) is 39.4. The second-order valence-corrected chi connectivity index (χ2v) is 25.9. The molecule has 3 aromatic rings. The molecule has 0 spiro atoms. The molecule has 0 radical (unpaired) electrons. The Balaban J connectivity index is 1.93. The van der Waals surface area contributed by atoms with Crippen LogP contribution in [0.5, 0.6) is 0 Å². The number of carbonyl (C=O) groups is 8. The van der Waals surface area contributed by atoms with Gasteiger partial charge in [-0.25, -0.2) is 8.42 Å². The highest BCUT2D eigenvalue weighted by molar-refractivity contribution is 7.89. The van der Waals surface area contributed by atoms with Gasteiger partial charge in [-0.1, -0.05) is 114 Å². The molecule has 0 heterocycles. The molecule has 25 heteroatoms. The van der Waals surface area contributed by atoms with Crippen LogP contribution in [0.3, 0.4) is 0 Å². The van der Waals surface area contributed by atoms with Crippen molar-refractivity contribution in [3.05, 3.63) is 101 Å². The number of nitrogens with one attached hydrogen (secondary N) is 7. The lowest BCUT2D eigenvalue weighted by atomic mass is 9.98. The van der Waals surface area contributed by atoms with Gasteiger partial charge in [-0.15, -0.1) is 0 Å². The van der Waals surface area contributed by atoms with Gasteiger partial charge in [0.1, 0.15) is 36.3 Å². The summed E-state index contributed by atoms with van der Waals surface area (Å²) >= 11 is 6.07. The number of unbranched alkanes of at least 4 members (excludes halogenated alkanes) is 3. The number of benzene rings is 3. The van der Waals surface area contributed by atoms with Crippen LogP contribution in [0.1, 0.15) is 130 Å². The summed E-state index contributed by atoms with van der Waals surface area (Å²) in [5.74, 6) is -5.92. The van der Waals surface area contributed by atoms with Gasteiger partial charge >= 0.3 is 0 Å². The van der Waals surface area contributed by atoms with Gasteiger partial charge in [0.2, 0.25) is 57.3 Å². The van der Waals surface area contributed by atoms with Crippen molar-refractivity contribution in [1.82, 2.24) is 41.5 Å². The van der Waals surface area contributed by atoms with Gasteiger partial charge in [0.25, 0.3) is 0 Å². The van der Waals surface area contributed by atoms with Crippen molar-refractivity contribution in [3.63, 3.8) is 0 Å². The zero-order valence-corrected chi connectivity index (χ0v) is 53.1. The number of amides is 8. The predicted octanol–water partition coefficient (Wildman–Crippen LogP) is 2.55. The van der Waals surface area contributed by atoms with E-state index in [4.69, 9.17) is 40.3 Å². The van der Waals surface area contributed by atoms with Gasteiger partial charge in [-0.3, -0.25) is 38.4 Å². The van der Waals surface area contributed by atoms with E-state index in [-0.39, 0.29) is 92.1 Å². The van der Waals surface area contributed by atoms with E-state index < -0.39 is 119 Å². The smallest absolute Gasteiger partial charge is 0.243 e. The van der Waals surface area contributed by atoms with E-state index in [1.54, 1.807) is 30.3 Å². The SMILES string of the molecule is CC(C)C[C@H](NC(=O)[C@H](CC(C)C)NC(=O)[C@H](CCCCN)NC(=O)[C@H](CC(C)C)NC(=O)[C@@H](N)Cc1ccccc1)C(=O)N[C@@H](CCCCN)C(=O)N[C@@H](CCCCN)C(=O)N[C@@H](Cc1ccccc1)CN(CC(N)=O)S(=O)(=O)c1ccc(Cl)cc1. The molecule has 17 N–H and O–H groups in total. The first-order valence-corrected chi connectivity index (χ1v) is 32.2. The van der Waals surface area contributed by atoms with Gasteiger partial charge in [0.15, 0.2) is 0 Å². The molecule has 8 amide bonds. The number of nitrogens with two attached hydrogens (primary N) is 5. The molecule has 8 atom stereocenters. The fourth-order valence-corrected chi connectivity index (χ4v) is 11.4. The lowest BCUT2D eigenvalue weighted by Crippen LogP contribution is -2.60. The molecule has 0 bridgehead atoms. The maximum absolute atomic E-state index is 14.6. The summed E-state index contributed by atoms with van der Waals surface area (Å²) in [5.41, 5.74) is 31.0. The number of halogens is 1. The van der Waals surface area contributed by atoms with Gasteiger partial charge in [-0.05, 0) is 163 Å². The molecule has 0 fully saturated rings. The van der Waals surface area contributed by atoms with Crippen LogP contribution in [0.2, 0.25) is 5.02 Å². The zero-order valence-electron chi connectivity index (χ0n) is 51.6. The maximum atomic E-state index is 14.6. The molecule has 3 aromatic carbocycles. The maximum Gasteiger partial charge on any atom is 0.243 e. The number of carbonyl (C=O) groups excluding carboxylic acids is 8. The third-order valence-electron chi connectivity index (χ3n) is 14.3. The molecule has 484 valence electrons. The first-order chi connectivity index (χ1) is 41.3. The number of hydrogen-bond donors (Lipinski definition) is 12. The fraction of sp³-hybridized carbons (Fsp3) is 0.581. The van der Waals surface area contributed by atoms with Crippen LogP contribution in [0, 0.1) is 17.8 Å². The van der Waals surface area contributed by atoms with E-state index in [1.165, 1.54) is 24.3 Å². The number of primary amides is 1. The Morgan fingerprint density at radius 1 is 0.460 bits per heavy atom. The van der Waals surface area contributed by atoms with Gasteiger partial charge in [0, 0.05) is 17.6 Å². The van der Waals surface area contributed by atoms with Gasteiger partial charge in [-0.2, -0.15) is 4.31 Å². The normalized spacial score (nSPS) is 14.4. The van der Waals surface area contributed by atoms with Gasteiger partial charge < -0.3 is 65.9 Å². The summed E-state index contributed by atoms with van der Waals surface area (Å²) in [6, 6.07) is 14.5. The fourth-order valence-electron chi connectivity index (χ4n) is 9.78. The van der Waals surface area contributed by atoms with Crippen molar-refractivity contribution < 1.29 is 46.8 Å². The highest BCUT2D eigenvalue weighted by Gasteiger charge is 2.36. The number of nitrogens with zero attached hydrogens (tertiary/aromatic N) is 1. The number of rotatable bonds is 42. The highest BCUT2D eigenvalue weighted by atomic mass is 35.5. The topological polar surface area (TPSA) is 388 Å². The quantitative estimate of drug-likeness (QED) is 0.0363. The van der Waals surface area contributed by atoms with E-state index in [1.807, 2.05) is 71.9 Å². The Hall–Kier alpha value is -6.54. The van der Waals surface area contributed by atoms with Crippen LogP contribution in [0.25, 0.3) is 0 Å².